The standard InChI is InChI=1S/C17H21BrN4S/c1-12-10-13(21-8-2-3-9-21)11-22(12)17-7-4-14(19-20-17)15-5-6-16(18)23-15/h4-7,12-13H,2-3,8-11H2,1H3. The van der Waals surface area contributed by atoms with Gasteiger partial charge in [-0.1, -0.05) is 0 Å². The third-order valence-corrected chi connectivity index (χ3v) is 6.63. The van der Waals surface area contributed by atoms with E-state index in [1.165, 1.54) is 32.4 Å². The van der Waals surface area contributed by atoms with Gasteiger partial charge in [-0.25, -0.2) is 0 Å². The van der Waals surface area contributed by atoms with Crippen molar-refractivity contribution in [3.05, 3.63) is 28.1 Å². The van der Waals surface area contributed by atoms with Gasteiger partial charge in [-0.2, -0.15) is 0 Å². The quantitative estimate of drug-likeness (QED) is 0.788. The van der Waals surface area contributed by atoms with Crippen LogP contribution in [0.5, 0.6) is 0 Å². The Morgan fingerprint density at radius 2 is 1.96 bits per heavy atom. The summed E-state index contributed by atoms with van der Waals surface area (Å²) >= 11 is 5.19. The van der Waals surface area contributed by atoms with Gasteiger partial charge >= 0.3 is 0 Å². The molecule has 0 spiro atoms. The van der Waals surface area contributed by atoms with Crippen molar-refractivity contribution >= 4 is 33.1 Å². The molecule has 2 aromatic rings. The third kappa shape index (κ3) is 3.16. The molecule has 4 nitrogen and oxygen atoms in total. The van der Waals surface area contributed by atoms with Crippen LogP contribution in [0.1, 0.15) is 26.2 Å². The number of thiophene rings is 1. The fourth-order valence-corrected chi connectivity index (χ4v) is 5.11. The van der Waals surface area contributed by atoms with Gasteiger partial charge in [-0.15, -0.1) is 21.5 Å². The second-order valence-electron chi connectivity index (χ2n) is 6.51. The maximum absolute atomic E-state index is 4.51. The maximum Gasteiger partial charge on any atom is 0.151 e. The Morgan fingerprint density at radius 3 is 2.61 bits per heavy atom. The van der Waals surface area contributed by atoms with Crippen LogP contribution in [0, 0.1) is 0 Å². The highest BCUT2D eigenvalue weighted by Gasteiger charge is 2.34. The maximum atomic E-state index is 4.51. The Hall–Kier alpha value is -0.980. The van der Waals surface area contributed by atoms with Crippen LogP contribution in [0.25, 0.3) is 10.6 Å². The lowest BCUT2D eigenvalue weighted by Crippen LogP contribution is -2.35. The molecule has 6 heteroatoms. The Bertz CT molecular complexity index is 665. The number of nitrogens with zero attached hydrogens (tertiary/aromatic N) is 4. The molecule has 0 aliphatic carbocycles. The molecule has 0 radical (unpaired) electrons. The molecule has 2 fully saturated rings. The number of anilines is 1. The van der Waals surface area contributed by atoms with Crippen LogP contribution in [0.15, 0.2) is 28.1 Å². The van der Waals surface area contributed by atoms with E-state index in [1.807, 2.05) is 0 Å². The largest absolute Gasteiger partial charge is 0.351 e. The van der Waals surface area contributed by atoms with Crippen LogP contribution in [-0.2, 0) is 0 Å². The van der Waals surface area contributed by atoms with E-state index in [0.717, 1.165) is 26.7 Å². The highest BCUT2D eigenvalue weighted by atomic mass is 79.9. The lowest BCUT2D eigenvalue weighted by molar-refractivity contribution is 0.257. The third-order valence-electron chi connectivity index (χ3n) is 4.98. The van der Waals surface area contributed by atoms with Crippen molar-refractivity contribution in [2.24, 2.45) is 0 Å². The van der Waals surface area contributed by atoms with E-state index in [4.69, 9.17) is 0 Å². The van der Waals surface area contributed by atoms with Gasteiger partial charge in [0.25, 0.3) is 0 Å². The molecule has 0 saturated carbocycles. The normalized spacial score (nSPS) is 25.4. The minimum atomic E-state index is 0.539. The SMILES string of the molecule is CC1CC(N2CCCC2)CN1c1ccc(-c2ccc(Br)s2)nn1. The van der Waals surface area contributed by atoms with Gasteiger partial charge in [-0.3, -0.25) is 4.90 Å². The molecule has 0 aromatic carbocycles. The van der Waals surface area contributed by atoms with Crippen molar-refractivity contribution in [2.75, 3.05) is 24.5 Å². The molecule has 2 saturated heterocycles. The first-order valence-electron chi connectivity index (χ1n) is 8.31. The highest BCUT2D eigenvalue weighted by Crippen LogP contribution is 2.32. The van der Waals surface area contributed by atoms with Crippen LogP contribution in [0.4, 0.5) is 5.82 Å². The Labute approximate surface area is 149 Å². The first-order valence-corrected chi connectivity index (χ1v) is 9.92. The molecule has 0 bridgehead atoms. The molecule has 4 rings (SSSR count). The fraction of sp³-hybridized carbons (Fsp3) is 0.529. The van der Waals surface area contributed by atoms with Crippen molar-refractivity contribution in [3.63, 3.8) is 0 Å². The summed E-state index contributed by atoms with van der Waals surface area (Å²) in [6, 6.07) is 9.58. The average Bonchev–Trinajstić information content (AvgIpc) is 3.28. The zero-order valence-electron chi connectivity index (χ0n) is 13.3. The van der Waals surface area contributed by atoms with Gasteiger partial charge in [0, 0.05) is 18.6 Å². The van der Waals surface area contributed by atoms with E-state index >= 15 is 0 Å². The highest BCUT2D eigenvalue weighted by molar-refractivity contribution is 9.11. The number of hydrogen-bond acceptors (Lipinski definition) is 5. The van der Waals surface area contributed by atoms with Crippen molar-refractivity contribution in [2.45, 2.75) is 38.3 Å². The summed E-state index contributed by atoms with van der Waals surface area (Å²) in [4.78, 5) is 6.23. The summed E-state index contributed by atoms with van der Waals surface area (Å²) in [7, 11) is 0. The number of likely N-dealkylation sites (tertiary alicyclic amines) is 1. The summed E-state index contributed by atoms with van der Waals surface area (Å²) in [6.07, 6.45) is 3.95. The molecular weight excluding hydrogens is 372 g/mol. The minimum absolute atomic E-state index is 0.539. The molecular formula is C17H21BrN4S. The molecule has 0 amide bonds. The minimum Gasteiger partial charge on any atom is -0.351 e. The van der Waals surface area contributed by atoms with Crippen molar-refractivity contribution in [1.29, 1.82) is 0 Å². The summed E-state index contributed by atoms with van der Waals surface area (Å²) in [6.45, 7) is 5.92. The first-order chi connectivity index (χ1) is 11.2. The molecule has 2 atom stereocenters. The summed E-state index contributed by atoms with van der Waals surface area (Å²) in [5.41, 5.74) is 0.951. The number of rotatable bonds is 3. The number of hydrogen-bond donors (Lipinski definition) is 0. The average molecular weight is 393 g/mol. The van der Waals surface area contributed by atoms with Gasteiger partial charge in [0.2, 0.25) is 0 Å². The van der Waals surface area contributed by atoms with Gasteiger partial charge < -0.3 is 4.90 Å². The molecule has 2 aliphatic heterocycles. The van der Waals surface area contributed by atoms with Crippen LogP contribution < -0.4 is 4.90 Å². The zero-order chi connectivity index (χ0) is 15.8. The van der Waals surface area contributed by atoms with E-state index in [9.17, 15) is 0 Å². The molecule has 4 heterocycles. The molecule has 2 unspecified atom stereocenters. The lowest BCUT2D eigenvalue weighted by atomic mass is 10.2. The summed E-state index contributed by atoms with van der Waals surface area (Å²) in [5, 5.41) is 8.95. The van der Waals surface area contributed by atoms with E-state index in [0.29, 0.717) is 12.1 Å². The Morgan fingerprint density at radius 1 is 1.13 bits per heavy atom. The van der Waals surface area contributed by atoms with Gasteiger partial charge in [0.15, 0.2) is 5.82 Å². The van der Waals surface area contributed by atoms with Gasteiger partial charge in [0.05, 0.1) is 8.66 Å². The lowest BCUT2D eigenvalue weighted by Gasteiger charge is -2.24. The predicted octanol–water partition coefficient (Wildman–Crippen LogP) is 4.03. The van der Waals surface area contributed by atoms with E-state index < -0.39 is 0 Å². The van der Waals surface area contributed by atoms with Crippen molar-refractivity contribution in [3.8, 4) is 10.6 Å². The van der Waals surface area contributed by atoms with Crippen LogP contribution in [-0.4, -0.2) is 46.8 Å². The van der Waals surface area contributed by atoms with Gasteiger partial charge in [-0.05, 0) is 79.5 Å². The summed E-state index contributed by atoms with van der Waals surface area (Å²) < 4.78 is 1.12. The molecule has 2 aromatic heterocycles. The van der Waals surface area contributed by atoms with Crippen molar-refractivity contribution < 1.29 is 0 Å². The first kappa shape index (κ1) is 15.5. The monoisotopic (exact) mass is 392 g/mol. The second kappa shape index (κ2) is 6.49. The second-order valence-corrected chi connectivity index (χ2v) is 8.98. The Kier molecular flexibility index (Phi) is 4.39. The van der Waals surface area contributed by atoms with E-state index in [-0.39, 0.29) is 0 Å². The smallest absolute Gasteiger partial charge is 0.151 e. The van der Waals surface area contributed by atoms with E-state index in [2.05, 4.69) is 67.1 Å². The van der Waals surface area contributed by atoms with Crippen molar-refractivity contribution in [1.82, 2.24) is 15.1 Å². The summed E-state index contributed by atoms with van der Waals surface area (Å²) in [5.74, 6) is 1.01. The zero-order valence-corrected chi connectivity index (χ0v) is 15.7. The van der Waals surface area contributed by atoms with E-state index in [1.54, 1.807) is 11.3 Å². The predicted molar refractivity (Wildman–Crippen MR) is 99.1 cm³/mol. The number of aromatic nitrogens is 2. The fourth-order valence-electron chi connectivity index (χ4n) is 3.75. The molecule has 122 valence electrons. The Balaban J connectivity index is 1.49. The van der Waals surface area contributed by atoms with Gasteiger partial charge in [0.1, 0.15) is 5.69 Å². The van der Waals surface area contributed by atoms with Crippen LogP contribution in [0.3, 0.4) is 0 Å². The number of halogens is 1. The van der Waals surface area contributed by atoms with Crippen LogP contribution in [0.2, 0.25) is 0 Å². The topological polar surface area (TPSA) is 32.3 Å². The molecule has 0 N–H and O–H groups in total. The van der Waals surface area contributed by atoms with Crippen LogP contribution >= 0.6 is 27.3 Å². The molecule has 2 aliphatic rings. The molecule has 23 heavy (non-hydrogen) atoms.